The van der Waals surface area contributed by atoms with Gasteiger partial charge in [0.15, 0.2) is 0 Å². The normalized spacial score (nSPS) is 13.3. The van der Waals surface area contributed by atoms with E-state index in [-0.39, 0.29) is 5.75 Å². The maximum absolute atomic E-state index is 11.0. The number of aryl methyl sites for hydroxylation is 1. The van der Waals surface area contributed by atoms with Gasteiger partial charge in [0.1, 0.15) is 15.6 Å². The Morgan fingerprint density at radius 3 is 2.61 bits per heavy atom. The minimum atomic E-state index is -2.97. The van der Waals surface area contributed by atoms with Crippen molar-refractivity contribution >= 4 is 9.84 Å². The minimum Gasteiger partial charge on any atom is -0.496 e. The van der Waals surface area contributed by atoms with Crippen molar-refractivity contribution < 1.29 is 18.3 Å². The second-order valence-electron chi connectivity index (χ2n) is 4.53. The molecule has 1 N–H and O–H groups in total. The first kappa shape index (κ1) is 15.0. The van der Waals surface area contributed by atoms with Crippen LogP contribution in [0.5, 0.6) is 5.75 Å². The number of rotatable bonds is 6. The summed E-state index contributed by atoms with van der Waals surface area (Å²) in [7, 11) is -1.41. The predicted octanol–water partition coefficient (Wildman–Crippen LogP) is 1.86. The van der Waals surface area contributed by atoms with Gasteiger partial charge in [0.05, 0.1) is 13.2 Å². The quantitative estimate of drug-likeness (QED) is 0.858. The third-order valence-electron chi connectivity index (χ3n) is 2.74. The van der Waals surface area contributed by atoms with Crippen molar-refractivity contribution in [1.29, 1.82) is 0 Å². The molecule has 1 rings (SSSR count). The zero-order chi connectivity index (χ0) is 13.8. The first-order valence-corrected chi connectivity index (χ1v) is 7.90. The predicted molar refractivity (Wildman–Crippen MR) is 71.6 cm³/mol. The maximum Gasteiger partial charge on any atom is 0.147 e. The van der Waals surface area contributed by atoms with Crippen LogP contribution in [0, 0.1) is 6.92 Å². The smallest absolute Gasteiger partial charge is 0.147 e. The molecule has 4 nitrogen and oxygen atoms in total. The van der Waals surface area contributed by atoms with Gasteiger partial charge in [-0.25, -0.2) is 8.42 Å². The van der Waals surface area contributed by atoms with E-state index in [1.54, 1.807) is 7.11 Å². The lowest BCUT2D eigenvalue weighted by atomic mass is 10.0. The summed E-state index contributed by atoms with van der Waals surface area (Å²) in [4.78, 5) is 0. The monoisotopic (exact) mass is 272 g/mol. The van der Waals surface area contributed by atoms with Crippen LogP contribution in [-0.2, 0) is 9.84 Å². The number of sulfone groups is 1. The fourth-order valence-corrected chi connectivity index (χ4v) is 2.48. The molecule has 1 aromatic rings. The summed E-state index contributed by atoms with van der Waals surface area (Å²) >= 11 is 0. The molecule has 0 aliphatic heterocycles. The first-order chi connectivity index (χ1) is 8.33. The molecule has 0 fully saturated rings. The Morgan fingerprint density at radius 1 is 1.39 bits per heavy atom. The summed E-state index contributed by atoms with van der Waals surface area (Å²) in [5.74, 6) is 0.736. The van der Waals surface area contributed by atoms with E-state index in [1.807, 2.05) is 25.1 Å². The van der Waals surface area contributed by atoms with E-state index >= 15 is 0 Å². The molecule has 1 aromatic carbocycles. The van der Waals surface area contributed by atoms with E-state index in [1.165, 1.54) is 6.26 Å². The molecule has 1 unspecified atom stereocenters. The fourth-order valence-electron chi connectivity index (χ4n) is 1.79. The molecule has 0 heterocycles. The van der Waals surface area contributed by atoms with Gasteiger partial charge >= 0.3 is 0 Å². The topological polar surface area (TPSA) is 63.6 Å². The van der Waals surface area contributed by atoms with Gasteiger partial charge in [-0.2, -0.15) is 0 Å². The van der Waals surface area contributed by atoms with Gasteiger partial charge in [-0.15, -0.1) is 0 Å². The van der Waals surface area contributed by atoms with Gasteiger partial charge in [0, 0.05) is 17.6 Å². The van der Waals surface area contributed by atoms with E-state index in [4.69, 9.17) is 4.74 Å². The minimum absolute atomic E-state index is 0.0955. The average molecular weight is 272 g/mol. The highest BCUT2D eigenvalue weighted by Gasteiger charge is 2.14. The third kappa shape index (κ3) is 4.66. The standard InChI is InChI=1S/C13H20O4S/c1-10-6-7-11(13(9-10)17-2)12(14)5-4-8-18(3,15)16/h6-7,9,12,14H,4-5,8H2,1-3H3. The summed E-state index contributed by atoms with van der Waals surface area (Å²) in [5.41, 5.74) is 1.76. The van der Waals surface area contributed by atoms with Gasteiger partial charge in [-0.1, -0.05) is 12.1 Å². The van der Waals surface area contributed by atoms with Crippen LogP contribution in [0.4, 0.5) is 0 Å². The zero-order valence-electron chi connectivity index (χ0n) is 11.0. The molecular weight excluding hydrogens is 252 g/mol. The average Bonchev–Trinajstić information content (AvgIpc) is 2.26. The van der Waals surface area contributed by atoms with Gasteiger partial charge < -0.3 is 9.84 Å². The SMILES string of the molecule is COc1cc(C)ccc1C(O)CCCS(C)(=O)=O. The molecule has 0 saturated carbocycles. The van der Waals surface area contributed by atoms with E-state index in [0.717, 1.165) is 5.56 Å². The zero-order valence-corrected chi connectivity index (χ0v) is 11.8. The molecule has 0 saturated heterocycles. The van der Waals surface area contributed by atoms with Crippen LogP contribution in [0.15, 0.2) is 18.2 Å². The number of benzene rings is 1. The highest BCUT2D eigenvalue weighted by molar-refractivity contribution is 7.90. The Morgan fingerprint density at radius 2 is 2.06 bits per heavy atom. The summed E-state index contributed by atoms with van der Waals surface area (Å²) in [6.07, 6.45) is 1.36. The van der Waals surface area contributed by atoms with E-state index in [2.05, 4.69) is 0 Å². The molecule has 0 aliphatic rings. The molecule has 0 aromatic heterocycles. The number of aliphatic hydroxyl groups is 1. The van der Waals surface area contributed by atoms with Crippen molar-refractivity contribution in [1.82, 2.24) is 0 Å². The first-order valence-electron chi connectivity index (χ1n) is 5.84. The van der Waals surface area contributed by atoms with Gasteiger partial charge in [-0.05, 0) is 31.4 Å². The molecule has 1 atom stereocenters. The summed E-state index contributed by atoms with van der Waals surface area (Å²) in [6.45, 7) is 1.95. The Kier molecular flexibility index (Phi) is 5.16. The number of hydrogen-bond acceptors (Lipinski definition) is 4. The summed E-state index contributed by atoms with van der Waals surface area (Å²) < 4.78 is 27.2. The second-order valence-corrected chi connectivity index (χ2v) is 6.79. The van der Waals surface area contributed by atoms with E-state index < -0.39 is 15.9 Å². The van der Waals surface area contributed by atoms with Crippen LogP contribution in [0.3, 0.4) is 0 Å². The molecule has 0 bridgehead atoms. The summed E-state index contributed by atoms with van der Waals surface area (Å²) in [6, 6.07) is 5.58. The van der Waals surface area contributed by atoms with E-state index in [9.17, 15) is 13.5 Å². The molecule has 18 heavy (non-hydrogen) atoms. The Balaban J connectivity index is 2.69. The van der Waals surface area contributed by atoms with Crippen LogP contribution < -0.4 is 4.74 Å². The molecule has 5 heteroatoms. The van der Waals surface area contributed by atoms with Crippen LogP contribution in [-0.4, -0.2) is 32.6 Å². The van der Waals surface area contributed by atoms with Crippen molar-refractivity contribution in [3.63, 3.8) is 0 Å². The fraction of sp³-hybridized carbons (Fsp3) is 0.538. The number of methoxy groups -OCH3 is 1. The van der Waals surface area contributed by atoms with Crippen LogP contribution in [0.1, 0.15) is 30.1 Å². The number of hydrogen-bond donors (Lipinski definition) is 1. The largest absolute Gasteiger partial charge is 0.496 e. The van der Waals surface area contributed by atoms with Gasteiger partial charge in [0.2, 0.25) is 0 Å². The van der Waals surface area contributed by atoms with Gasteiger partial charge in [0.25, 0.3) is 0 Å². The van der Waals surface area contributed by atoms with Crippen molar-refractivity contribution in [2.24, 2.45) is 0 Å². The number of ether oxygens (including phenoxy) is 1. The highest BCUT2D eigenvalue weighted by Crippen LogP contribution is 2.28. The second kappa shape index (κ2) is 6.20. The molecule has 0 radical (unpaired) electrons. The molecule has 102 valence electrons. The van der Waals surface area contributed by atoms with Crippen LogP contribution in [0.2, 0.25) is 0 Å². The van der Waals surface area contributed by atoms with Crippen molar-refractivity contribution in [2.45, 2.75) is 25.9 Å². The van der Waals surface area contributed by atoms with Crippen LogP contribution >= 0.6 is 0 Å². The third-order valence-corrected chi connectivity index (χ3v) is 3.77. The Bertz CT molecular complexity index is 494. The van der Waals surface area contributed by atoms with Crippen LogP contribution in [0.25, 0.3) is 0 Å². The Hall–Kier alpha value is -1.07. The Labute approximate surface area is 109 Å². The lowest BCUT2D eigenvalue weighted by molar-refractivity contribution is 0.162. The van der Waals surface area contributed by atoms with E-state index in [0.29, 0.717) is 24.2 Å². The van der Waals surface area contributed by atoms with Gasteiger partial charge in [-0.3, -0.25) is 0 Å². The molecule has 0 aliphatic carbocycles. The van der Waals surface area contributed by atoms with Crippen molar-refractivity contribution in [2.75, 3.05) is 19.1 Å². The molecule has 0 spiro atoms. The lowest BCUT2D eigenvalue weighted by Crippen LogP contribution is -2.06. The number of aliphatic hydroxyl groups excluding tert-OH is 1. The molecule has 0 amide bonds. The highest BCUT2D eigenvalue weighted by atomic mass is 32.2. The summed E-state index contributed by atoms with van der Waals surface area (Å²) in [5, 5.41) is 10.0. The lowest BCUT2D eigenvalue weighted by Gasteiger charge is -2.15. The van der Waals surface area contributed by atoms with Crippen molar-refractivity contribution in [3.8, 4) is 5.75 Å². The van der Waals surface area contributed by atoms with Crippen molar-refractivity contribution in [3.05, 3.63) is 29.3 Å². The maximum atomic E-state index is 11.0. The molecular formula is C13H20O4S.